The Morgan fingerprint density at radius 3 is 3.00 bits per heavy atom. The number of ether oxygens (including phenoxy) is 2. The largest absolute Gasteiger partial charge is 0.449 e. The Hall–Kier alpha value is -3.19. The van der Waals surface area contributed by atoms with Gasteiger partial charge in [-0.15, -0.1) is 0 Å². The number of imidazole rings is 1. The number of aromatic nitrogens is 4. The van der Waals surface area contributed by atoms with Crippen LogP contribution < -0.4 is 11.1 Å². The van der Waals surface area contributed by atoms with E-state index < -0.39 is 48.3 Å². The summed E-state index contributed by atoms with van der Waals surface area (Å²) in [7, 11) is -0.403. The smallest absolute Gasteiger partial charge is 0.294 e. The standard InChI is InChI=1S/C22H31FN9O5S/c23-6-8-26-20-17-21(28-12-27-20)32(13-29-17)22-19(35)18(34)15(37-22)11-38(10-5-16(24)36-14-33)9-4-2-1-3-7-30-31-25/h12-16,18-19,22,34-35H,1,3,5-11,24H2,(H,26,27,28)/q+1/t15-,16?,18?,19+,22-,38?/m1/s1. The molecule has 6 atom stereocenters. The maximum absolute atomic E-state index is 12.6. The molecule has 5 N–H and O–H groups in total. The van der Waals surface area contributed by atoms with Gasteiger partial charge in [0.15, 0.2) is 35.2 Å². The molecule has 38 heavy (non-hydrogen) atoms. The summed E-state index contributed by atoms with van der Waals surface area (Å²) in [5, 5.41) is 27.9. The Labute approximate surface area is 221 Å². The molecule has 1 fully saturated rings. The van der Waals surface area contributed by atoms with Gasteiger partial charge in [0.2, 0.25) is 0 Å². The monoisotopic (exact) mass is 552 g/mol. The normalized spacial score (nSPS) is 22.2. The number of rotatable bonds is 15. The summed E-state index contributed by atoms with van der Waals surface area (Å²) < 4.78 is 25.0. The highest BCUT2D eigenvalue weighted by atomic mass is 32.2. The molecule has 0 aliphatic carbocycles. The summed E-state index contributed by atoms with van der Waals surface area (Å²) in [6.45, 7) is 0.147. The molecule has 3 heterocycles. The van der Waals surface area contributed by atoms with Crippen molar-refractivity contribution >= 4 is 34.3 Å². The number of carbonyl (C=O) groups excluding carboxylic acids is 1. The Balaban J connectivity index is 1.70. The number of aliphatic hydroxyl groups excluding tert-OH is 2. The highest BCUT2D eigenvalue weighted by Gasteiger charge is 2.47. The van der Waals surface area contributed by atoms with Crippen molar-refractivity contribution in [3.05, 3.63) is 23.1 Å². The minimum atomic E-state index is -1.26. The van der Waals surface area contributed by atoms with E-state index in [1.807, 2.05) is 0 Å². The molecule has 3 rings (SSSR count). The third-order valence-corrected chi connectivity index (χ3v) is 7.87. The van der Waals surface area contributed by atoms with E-state index in [9.17, 15) is 19.4 Å². The van der Waals surface area contributed by atoms with Crippen LogP contribution in [0.4, 0.5) is 10.2 Å². The number of nitrogens with one attached hydrogen (secondary N) is 1. The molecular formula is C22H31FN9O5S+. The third-order valence-electron chi connectivity index (χ3n) is 5.70. The molecule has 1 aliphatic rings. The Morgan fingerprint density at radius 2 is 2.24 bits per heavy atom. The Morgan fingerprint density at radius 1 is 1.39 bits per heavy atom. The van der Waals surface area contributed by atoms with E-state index in [0.717, 1.165) is 0 Å². The number of nitrogens with zero attached hydrogens (tertiary/aromatic N) is 7. The van der Waals surface area contributed by atoms with Gasteiger partial charge in [-0.3, -0.25) is 15.1 Å². The van der Waals surface area contributed by atoms with Crippen molar-refractivity contribution in [1.82, 2.24) is 19.5 Å². The first-order valence-corrected chi connectivity index (χ1v) is 13.7. The van der Waals surface area contributed by atoms with Gasteiger partial charge in [0.25, 0.3) is 6.47 Å². The fourth-order valence-corrected chi connectivity index (χ4v) is 5.86. The highest BCUT2D eigenvalue weighted by molar-refractivity contribution is 7.97. The van der Waals surface area contributed by atoms with Gasteiger partial charge < -0.3 is 25.0 Å². The predicted molar refractivity (Wildman–Crippen MR) is 138 cm³/mol. The summed E-state index contributed by atoms with van der Waals surface area (Å²) >= 11 is 0. The molecule has 206 valence electrons. The van der Waals surface area contributed by atoms with Crippen molar-refractivity contribution in [2.45, 2.75) is 50.0 Å². The van der Waals surface area contributed by atoms with Crippen molar-refractivity contribution in [2.24, 2.45) is 10.8 Å². The van der Waals surface area contributed by atoms with Crippen molar-refractivity contribution in [3.8, 4) is 11.8 Å². The lowest BCUT2D eigenvalue weighted by Gasteiger charge is -2.17. The van der Waals surface area contributed by atoms with Crippen LogP contribution in [0.3, 0.4) is 0 Å². The number of hydrogen-bond donors (Lipinski definition) is 4. The predicted octanol–water partition coefficient (Wildman–Crippen LogP) is 0.387. The number of aliphatic hydroxyl groups is 2. The summed E-state index contributed by atoms with van der Waals surface area (Å²) in [5.74, 6) is 7.97. The van der Waals surface area contributed by atoms with Crippen LogP contribution in [0.1, 0.15) is 25.5 Å². The number of azide groups is 1. The molecule has 2 aromatic heterocycles. The molecule has 1 aliphatic heterocycles. The fraction of sp³-hybridized carbons (Fsp3) is 0.636. The minimum Gasteiger partial charge on any atom is -0.449 e. The van der Waals surface area contributed by atoms with Gasteiger partial charge in [-0.1, -0.05) is 11.0 Å². The van der Waals surface area contributed by atoms with E-state index >= 15 is 0 Å². The topological polar surface area (TPSA) is 206 Å². The first-order chi connectivity index (χ1) is 18.5. The Kier molecular flexibility index (Phi) is 11.8. The van der Waals surface area contributed by atoms with Crippen LogP contribution in [0, 0.1) is 11.8 Å². The maximum atomic E-state index is 12.6. The number of hydrogen-bond acceptors (Lipinski definition) is 11. The minimum absolute atomic E-state index is 0.0584. The van der Waals surface area contributed by atoms with Gasteiger partial charge in [0.05, 0.1) is 6.33 Å². The lowest BCUT2D eigenvalue weighted by Crippen LogP contribution is -2.37. The number of nitrogens with two attached hydrogens (primary N) is 1. The second-order valence-electron chi connectivity index (χ2n) is 8.31. The first kappa shape index (κ1) is 29.4. The zero-order valence-corrected chi connectivity index (χ0v) is 21.4. The van der Waals surface area contributed by atoms with Crippen LogP contribution in [-0.4, -0.2) is 97.8 Å². The number of carbonyl (C=O) groups is 1. The average molecular weight is 553 g/mol. The van der Waals surface area contributed by atoms with Crippen LogP contribution >= 0.6 is 0 Å². The van der Waals surface area contributed by atoms with Crippen molar-refractivity contribution in [2.75, 3.05) is 42.3 Å². The average Bonchev–Trinajstić information content (AvgIpc) is 3.46. The number of unbranched alkanes of at least 4 members (excludes halogenated alkanes) is 1. The Bertz CT molecular complexity index is 1160. The number of halogens is 1. The van der Waals surface area contributed by atoms with Crippen LogP contribution in [0.15, 0.2) is 17.8 Å². The number of fused-ring (bicyclic) bond motifs is 1. The van der Waals surface area contributed by atoms with Crippen molar-refractivity contribution < 1.29 is 28.9 Å². The molecule has 2 aromatic rings. The van der Waals surface area contributed by atoms with Crippen LogP contribution in [0.25, 0.3) is 21.6 Å². The highest BCUT2D eigenvalue weighted by Crippen LogP contribution is 2.33. The van der Waals surface area contributed by atoms with E-state index in [0.29, 0.717) is 66.5 Å². The second-order valence-corrected chi connectivity index (χ2v) is 10.6. The van der Waals surface area contributed by atoms with Gasteiger partial charge in [-0.2, -0.15) is 0 Å². The molecule has 1 saturated heterocycles. The van der Waals surface area contributed by atoms with Gasteiger partial charge in [0, 0.05) is 41.7 Å². The lowest BCUT2D eigenvalue weighted by molar-refractivity contribution is -0.133. The maximum Gasteiger partial charge on any atom is 0.294 e. The summed E-state index contributed by atoms with van der Waals surface area (Å²) in [4.78, 5) is 25.9. The van der Waals surface area contributed by atoms with E-state index in [2.05, 4.69) is 42.1 Å². The quantitative estimate of drug-likeness (QED) is 0.0349. The van der Waals surface area contributed by atoms with Crippen LogP contribution in [0.5, 0.6) is 0 Å². The van der Waals surface area contributed by atoms with Gasteiger partial charge in [0.1, 0.15) is 42.8 Å². The zero-order valence-electron chi connectivity index (χ0n) is 20.6. The SMILES string of the molecule is [N-]=[N+]=NCCCC#CC[S+](CCC(N)OC=O)C[C@H]1O[C@@H](n2cnc3c(NCCF)ncnc32)[C@@H](O)C1O. The number of alkyl halides is 1. The van der Waals surface area contributed by atoms with Crippen molar-refractivity contribution in [1.29, 1.82) is 0 Å². The molecule has 0 bridgehead atoms. The van der Waals surface area contributed by atoms with Crippen LogP contribution in [-0.2, 0) is 25.2 Å². The molecule has 3 unspecified atom stereocenters. The zero-order chi connectivity index (χ0) is 27.3. The molecule has 0 amide bonds. The van der Waals surface area contributed by atoms with E-state index in [-0.39, 0.29) is 6.54 Å². The summed E-state index contributed by atoms with van der Waals surface area (Å²) in [6, 6.07) is 0. The molecule has 16 heteroatoms. The molecule has 0 aromatic carbocycles. The first-order valence-electron chi connectivity index (χ1n) is 11.9. The van der Waals surface area contributed by atoms with E-state index in [1.54, 1.807) is 0 Å². The lowest BCUT2D eigenvalue weighted by atomic mass is 10.1. The summed E-state index contributed by atoms with van der Waals surface area (Å²) in [6.07, 6.45) is -0.526. The fourth-order valence-electron chi connectivity index (χ4n) is 3.82. The third kappa shape index (κ3) is 7.90. The number of anilines is 1. The molecule has 0 radical (unpaired) electrons. The van der Waals surface area contributed by atoms with Gasteiger partial charge >= 0.3 is 0 Å². The van der Waals surface area contributed by atoms with E-state index in [4.69, 9.17) is 20.7 Å². The van der Waals surface area contributed by atoms with Crippen LogP contribution in [0.2, 0.25) is 0 Å². The molecule has 0 saturated carbocycles. The molecule has 0 spiro atoms. The second kappa shape index (κ2) is 15.3. The molecule has 14 nitrogen and oxygen atoms in total. The van der Waals surface area contributed by atoms with E-state index in [1.165, 1.54) is 17.2 Å². The van der Waals surface area contributed by atoms with Gasteiger partial charge in [-0.25, -0.2) is 19.3 Å². The van der Waals surface area contributed by atoms with Gasteiger partial charge in [-0.05, 0) is 17.9 Å². The molecular weight excluding hydrogens is 521 g/mol. The summed E-state index contributed by atoms with van der Waals surface area (Å²) in [5.41, 5.74) is 14.9. The van der Waals surface area contributed by atoms with Crippen molar-refractivity contribution in [3.63, 3.8) is 0 Å².